The second-order valence-corrected chi connectivity index (χ2v) is 10.2. The number of primary amides is 1. The fourth-order valence-electron chi connectivity index (χ4n) is 4.27. The van der Waals surface area contributed by atoms with Gasteiger partial charge in [-0.1, -0.05) is 26.0 Å². The van der Waals surface area contributed by atoms with Crippen LogP contribution in [-0.4, -0.2) is 42.1 Å². The second-order valence-electron chi connectivity index (χ2n) is 9.39. The van der Waals surface area contributed by atoms with Crippen LogP contribution in [0.25, 0.3) is 22.3 Å². The van der Waals surface area contributed by atoms with E-state index in [-0.39, 0.29) is 18.1 Å². The minimum atomic E-state index is -0.607. The lowest BCUT2D eigenvalue weighted by Crippen LogP contribution is -2.21. The number of aryl methyl sites for hydroxylation is 1. The number of halogens is 1. The Labute approximate surface area is 240 Å². The van der Waals surface area contributed by atoms with Gasteiger partial charge in [0.2, 0.25) is 0 Å². The zero-order valence-corrected chi connectivity index (χ0v) is 24.6. The minimum absolute atomic E-state index is 0.184. The van der Waals surface area contributed by atoms with Crippen LogP contribution in [0.1, 0.15) is 43.4 Å². The molecule has 0 spiro atoms. The Hall–Kier alpha value is -4.18. The van der Waals surface area contributed by atoms with E-state index in [0.29, 0.717) is 44.9 Å². The van der Waals surface area contributed by atoms with E-state index in [0.717, 1.165) is 22.4 Å². The number of hydrogen-bond donors (Lipinski definition) is 1. The van der Waals surface area contributed by atoms with Gasteiger partial charge < -0.3 is 19.9 Å². The molecule has 0 bridgehead atoms. The number of carbonyl (C=O) groups excluding carboxylic acids is 1. The van der Waals surface area contributed by atoms with Gasteiger partial charge in [0.25, 0.3) is 11.5 Å². The molecule has 2 N–H and O–H groups in total. The first kappa shape index (κ1) is 28.8. The van der Waals surface area contributed by atoms with Crippen LogP contribution in [0.4, 0.5) is 0 Å². The number of carbonyl (C=O) groups is 1. The average molecular weight is 608 g/mol. The number of rotatable bonds is 10. The van der Waals surface area contributed by atoms with Crippen LogP contribution < -0.4 is 25.5 Å². The summed E-state index contributed by atoms with van der Waals surface area (Å²) in [6.07, 6.45) is 1.54. The van der Waals surface area contributed by atoms with Gasteiger partial charge in [-0.15, -0.1) is 0 Å². The smallest absolute Gasteiger partial charge is 0.282 e. The number of fused-ring (bicyclic) bond motifs is 1. The van der Waals surface area contributed by atoms with Gasteiger partial charge in [-0.2, -0.15) is 9.78 Å². The van der Waals surface area contributed by atoms with Crippen molar-refractivity contribution >= 4 is 39.0 Å². The number of hydrogen-bond acceptors (Lipinski definition) is 7. The topological polar surface area (TPSA) is 118 Å². The van der Waals surface area contributed by atoms with E-state index in [1.807, 2.05) is 38.1 Å². The summed E-state index contributed by atoms with van der Waals surface area (Å²) < 4.78 is 18.7. The number of amides is 1. The van der Waals surface area contributed by atoms with Crippen molar-refractivity contribution in [2.45, 2.75) is 33.6 Å². The van der Waals surface area contributed by atoms with Crippen LogP contribution in [0.15, 0.2) is 62.9 Å². The molecule has 1 heterocycles. The highest BCUT2D eigenvalue weighted by atomic mass is 79.9. The van der Waals surface area contributed by atoms with Crippen molar-refractivity contribution in [3.63, 3.8) is 0 Å². The third-order valence-corrected chi connectivity index (χ3v) is 6.93. The van der Waals surface area contributed by atoms with Gasteiger partial charge in [-0.3, -0.25) is 9.59 Å². The Morgan fingerprint density at radius 3 is 2.55 bits per heavy atom. The Morgan fingerprint density at radius 2 is 1.88 bits per heavy atom. The summed E-state index contributed by atoms with van der Waals surface area (Å²) in [5.41, 5.74) is 8.78. The molecule has 0 fully saturated rings. The Bertz CT molecular complexity index is 1660. The Kier molecular flexibility index (Phi) is 8.89. The average Bonchev–Trinajstić information content (AvgIpc) is 2.92. The molecule has 0 saturated carbocycles. The quantitative estimate of drug-likeness (QED) is 0.241. The molecule has 0 saturated heterocycles. The number of nitrogens with two attached hydrogens (primary N) is 1. The van der Waals surface area contributed by atoms with E-state index in [1.165, 1.54) is 11.8 Å². The lowest BCUT2D eigenvalue weighted by Gasteiger charge is -2.18. The molecule has 4 aromatic rings. The van der Waals surface area contributed by atoms with Gasteiger partial charge in [0.05, 0.1) is 30.8 Å². The third-order valence-electron chi connectivity index (χ3n) is 6.24. The van der Waals surface area contributed by atoms with Crippen molar-refractivity contribution in [1.29, 1.82) is 0 Å². The van der Waals surface area contributed by atoms with Crippen molar-refractivity contribution in [3.8, 4) is 28.6 Å². The van der Waals surface area contributed by atoms with Crippen LogP contribution in [0, 0.1) is 6.92 Å². The summed E-state index contributed by atoms with van der Waals surface area (Å²) >= 11 is 3.51. The lowest BCUT2D eigenvalue weighted by molar-refractivity contribution is -0.119. The van der Waals surface area contributed by atoms with Gasteiger partial charge in [-0.25, -0.2) is 4.98 Å². The highest BCUT2D eigenvalue weighted by molar-refractivity contribution is 9.10. The maximum absolute atomic E-state index is 13.7. The van der Waals surface area contributed by atoms with Gasteiger partial charge in [0.15, 0.2) is 23.9 Å². The zero-order valence-electron chi connectivity index (χ0n) is 23.0. The molecule has 4 rings (SSSR count). The van der Waals surface area contributed by atoms with Crippen molar-refractivity contribution in [3.05, 3.63) is 80.0 Å². The molecule has 3 aromatic carbocycles. The molecule has 0 aliphatic heterocycles. The Morgan fingerprint density at radius 1 is 1.12 bits per heavy atom. The molecule has 0 aliphatic carbocycles. The van der Waals surface area contributed by atoms with Gasteiger partial charge in [-0.05, 0) is 83.2 Å². The summed E-state index contributed by atoms with van der Waals surface area (Å²) in [5.74, 6) is 1.51. The van der Waals surface area contributed by atoms with Crippen molar-refractivity contribution in [2.24, 2.45) is 10.8 Å². The monoisotopic (exact) mass is 606 g/mol. The summed E-state index contributed by atoms with van der Waals surface area (Å²) in [7, 11) is 1.48. The normalized spacial score (nSPS) is 11.4. The predicted molar refractivity (Wildman–Crippen MR) is 160 cm³/mol. The first-order valence-electron chi connectivity index (χ1n) is 12.8. The van der Waals surface area contributed by atoms with E-state index in [4.69, 9.17) is 24.9 Å². The molecule has 1 aromatic heterocycles. The maximum Gasteiger partial charge on any atom is 0.282 e. The van der Waals surface area contributed by atoms with Crippen LogP contribution in [0.5, 0.6) is 17.2 Å². The van der Waals surface area contributed by atoms with Crippen molar-refractivity contribution < 1.29 is 19.0 Å². The van der Waals surface area contributed by atoms with E-state index in [2.05, 4.69) is 34.9 Å². The lowest BCUT2D eigenvalue weighted by atomic mass is 9.96. The van der Waals surface area contributed by atoms with Crippen LogP contribution in [0.2, 0.25) is 0 Å². The van der Waals surface area contributed by atoms with E-state index in [9.17, 15) is 9.59 Å². The first-order valence-corrected chi connectivity index (χ1v) is 13.6. The maximum atomic E-state index is 13.7. The Balaban J connectivity index is 1.90. The molecule has 1 amide bonds. The highest BCUT2D eigenvalue weighted by Crippen LogP contribution is 2.35. The van der Waals surface area contributed by atoms with Gasteiger partial charge in [0.1, 0.15) is 5.75 Å². The third kappa shape index (κ3) is 6.02. The van der Waals surface area contributed by atoms with E-state index < -0.39 is 5.91 Å². The molecule has 10 heteroatoms. The van der Waals surface area contributed by atoms with Crippen LogP contribution >= 0.6 is 15.9 Å². The fourth-order valence-corrected chi connectivity index (χ4v) is 4.69. The minimum Gasteiger partial charge on any atom is -0.494 e. The molecule has 0 atom stereocenters. The number of aromatic nitrogens is 2. The van der Waals surface area contributed by atoms with E-state index in [1.54, 1.807) is 30.5 Å². The number of nitrogens with zero attached hydrogens (tertiary/aromatic N) is 3. The first-order chi connectivity index (χ1) is 19.1. The number of ether oxygens (including phenoxy) is 3. The zero-order chi connectivity index (χ0) is 29.0. The fraction of sp³-hybridized carbons (Fsp3) is 0.267. The van der Waals surface area contributed by atoms with Crippen LogP contribution in [0.3, 0.4) is 0 Å². The number of benzene rings is 3. The molecular weight excluding hydrogens is 576 g/mol. The summed E-state index contributed by atoms with van der Waals surface area (Å²) in [4.78, 5) is 29.8. The van der Waals surface area contributed by atoms with Crippen molar-refractivity contribution in [2.75, 3.05) is 20.3 Å². The standard InChI is InChI=1S/C30H31BrN4O5/c1-6-39-25-11-18(4)22(13-21(25)17(2)3)29-34-24-10-8-7-9-20(24)30(37)35(29)33-15-19-12-26(38-5)27(14-23(19)31)40-16-28(32)36/h7-15,17H,6,16H2,1-5H3,(H2,32,36). The molecule has 9 nitrogen and oxygen atoms in total. The van der Waals surface area contributed by atoms with Crippen LogP contribution in [-0.2, 0) is 4.79 Å². The number of methoxy groups -OCH3 is 1. The predicted octanol–water partition coefficient (Wildman–Crippen LogP) is 5.41. The molecule has 0 aliphatic rings. The summed E-state index contributed by atoms with van der Waals surface area (Å²) in [6, 6.07) is 14.5. The van der Waals surface area contributed by atoms with E-state index >= 15 is 0 Å². The number of para-hydroxylation sites is 1. The summed E-state index contributed by atoms with van der Waals surface area (Å²) in [6.45, 7) is 8.36. The molecular formula is C30H31BrN4O5. The molecule has 40 heavy (non-hydrogen) atoms. The van der Waals surface area contributed by atoms with Crippen molar-refractivity contribution in [1.82, 2.24) is 9.66 Å². The summed E-state index contributed by atoms with van der Waals surface area (Å²) in [5, 5.41) is 5.05. The van der Waals surface area contributed by atoms with Gasteiger partial charge in [0, 0.05) is 15.6 Å². The molecule has 208 valence electrons. The molecule has 0 unspecified atom stereocenters. The molecule has 0 radical (unpaired) electrons. The largest absolute Gasteiger partial charge is 0.494 e. The second kappa shape index (κ2) is 12.3. The van der Waals surface area contributed by atoms with Gasteiger partial charge >= 0.3 is 0 Å². The highest BCUT2D eigenvalue weighted by Gasteiger charge is 2.19. The SMILES string of the molecule is CCOc1cc(C)c(-c2nc3ccccc3c(=O)n2N=Cc2cc(OC)c(OCC(N)=O)cc2Br)cc1C(C)C.